The van der Waals surface area contributed by atoms with Crippen molar-refractivity contribution in [3.05, 3.63) is 0 Å². The van der Waals surface area contributed by atoms with Crippen LogP contribution in [0.15, 0.2) is 0 Å². The molecule has 0 unspecified atom stereocenters. The molecular weight excluding hydrogens is 78.1 g/mol. The molecule has 3 nitrogen and oxygen atoms in total. The Balaban J connectivity index is 0. The van der Waals surface area contributed by atoms with Crippen molar-refractivity contribution in [1.82, 2.24) is 11.5 Å². The van der Waals surface area contributed by atoms with E-state index in [9.17, 15) is 0 Å². The molecule has 0 saturated carbocycles. The van der Waals surface area contributed by atoms with Crippen LogP contribution in [0, 0.1) is 0 Å². The summed E-state index contributed by atoms with van der Waals surface area (Å²) in [5, 5.41) is 2.89. The molecule has 0 spiro atoms. The van der Waals surface area contributed by atoms with Crippen LogP contribution in [0.4, 0.5) is 0 Å². The molecule has 40 valence electrons. The number of likely N-dealkylation sites (N-methyl/N-ethyl adjacent to an activating group) is 1. The van der Waals surface area contributed by atoms with Crippen LogP contribution in [-0.4, -0.2) is 20.1 Å². The summed E-state index contributed by atoms with van der Waals surface area (Å²) in [6.07, 6.45) is 0. The zero-order chi connectivity index (χ0) is 4.12. The monoisotopic (exact) mass is 91.1 g/mol. The average molecular weight is 91.2 g/mol. The predicted octanol–water partition coefficient (Wildman–Crippen LogP) is -0.673. The Hall–Kier alpha value is -0.120. The van der Waals surface area contributed by atoms with Gasteiger partial charge in [-0.05, 0) is 7.05 Å². The second kappa shape index (κ2) is 8.86. The lowest BCUT2D eigenvalue weighted by Gasteiger charge is -1.85. The lowest BCUT2D eigenvalue weighted by Crippen LogP contribution is -2.17. The smallest absolute Gasteiger partial charge is 0.00714 e. The number of nitrogens with one attached hydrogen (secondary N) is 1. The number of nitrogens with two attached hydrogens (primary N) is 1. The van der Waals surface area contributed by atoms with Gasteiger partial charge in [0.15, 0.2) is 0 Å². The van der Waals surface area contributed by atoms with Crippen LogP contribution in [0.1, 0.15) is 0 Å². The van der Waals surface area contributed by atoms with Gasteiger partial charge in [-0.25, -0.2) is 0 Å². The number of rotatable bonds is 2. The van der Waals surface area contributed by atoms with Gasteiger partial charge >= 0.3 is 0 Å². The first kappa shape index (κ1) is 9.30. The molecule has 0 rings (SSSR count). The molecule has 0 amide bonds. The van der Waals surface area contributed by atoms with Crippen LogP contribution in [-0.2, 0) is 0 Å². The molecule has 6 N–H and O–H groups in total. The summed E-state index contributed by atoms with van der Waals surface area (Å²) in [7, 11) is 1.88. The minimum Gasteiger partial charge on any atom is -0.344 e. The van der Waals surface area contributed by atoms with E-state index in [1.54, 1.807) is 0 Å². The molecule has 0 aliphatic heterocycles. The Morgan fingerprint density at radius 2 is 2.17 bits per heavy atom. The van der Waals surface area contributed by atoms with Gasteiger partial charge in [-0.3, -0.25) is 0 Å². The Morgan fingerprint density at radius 1 is 1.67 bits per heavy atom. The number of hydrogen-bond acceptors (Lipinski definition) is 3. The van der Waals surface area contributed by atoms with Gasteiger partial charge < -0.3 is 17.2 Å². The first-order valence-corrected chi connectivity index (χ1v) is 1.76. The molecule has 6 heavy (non-hydrogen) atoms. The molecule has 0 bridgehead atoms. The zero-order valence-electron chi connectivity index (χ0n) is 4.20. The first-order chi connectivity index (χ1) is 2.41. The van der Waals surface area contributed by atoms with Gasteiger partial charge in [-0.15, -0.1) is 0 Å². The van der Waals surface area contributed by atoms with Gasteiger partial charge in [-0.1, -0.05) is 0 Å². The Morgan fingerprint density at radius 3 is 2.17 bits per heavy atom. The molecular formula is C3H13N3. The summed E-state index contributed by atoms with van der Waals surface area (Å²) in [5.74, 6) is 0. The van der Waals surface area contributed by atoms with Gasteiger partial charge in [0.05, 0.1) is 0 Å². The molecule has 0 radical (unpaired) electrons. The van der Waals surface area contributed by atoms with Crippen molar-refractivity contribution < 1.29 is 0 Å². The molecule has 0 fully saturated rings. The quantitative estimate of drug-likeness (QED) is 0.422. The Bertz CT molecular complexity index is 13.5. The lowest BCUT2D eigenvalue weighted by molar-refractivity contribution is 0.802. The maximum Gasteiger partial charge on any atom is 0.00714 e. The maximum atomic E-state index is 5.08. The molecule has 0 aromatic rings. The summed E-state index contributed by atoms with van der Waals surface area (Å²) in [5.41, 5.74) is 5.08. The fourth-order valence-corrected chi connectivity index (χ4v) is 0.144. The Kier molecular flexibility index (Phi) is 13.7. The molecule has 0 heterocycles. The van der Waals surface area contributed by atoms with E-state index in [0.29, 0.717) is 0 Å². The molecule has 0 saturated heterocycles. The third-order valence-corrected chi connectivity index (χ3v) is 0.394. The van der Waals surface area contributed by atoms with Gasteiger partial charge in [-0.2, -0.15) is 0 Å². The minimum absolute atomic E-state index is 0. The topological polar surface area (TPSA) is 73.0 Å². The second-order valence-corrected chi connectivity index (χ2v) is 0.892. The van der Waals surface area contributed by atoms with Crippen LogP contribution in [0.25, 0.3) is 0 Å². The first-order valence-electron chi connectivity index (χ1n) is 1.76. The van der Waals surface area contributed by atoms with Gasteiger partial charge in [0.1, 0.15) is 0 Å². The van der Waals surface area contributed by atoms with Gasteiger partial charge in [0.2, 0.25) is 0 Å². The van der Waals surface area contributed by atoms with Crippen molar-refractivity contribution in [1.29, 1.82) is 0 Å². The van der Waals surface area contributed by atoms with E-state index in [2.05, 4.69) is 5.32 Å². The third-order valence-electron chi connectivity index (χ3n) is 0.394. The third kappa shape index (κ3) is 9.11. The van der Waals surface area contributed by atoms with Crippen molar-refractivity contribution in [3.63, 3.8) is 0 Å². The molecule has 0 aliphatic rings. The standard InChI is InChI=1S/C3H10N2.H3N/c1-5-3-2-4;/h5H,2-4H2,1H3;1H3. The highest BCUT2D eigenvalue weighted by atomic mass is 14.8. The average Bonchev–Trinajstić information content (AvgIpc) is 1.41. The van der Waals surface area contributed by atoms with E-state index >= 15 is 0 Å². The Labute approximate surface area is 38.5 Å². The molecule has 3 heteroatoms. The van der Waals surface area contributed by atoms with Crippen LogP contribution in [0.2, 0.25) is 0 Å². The molecule has 0 atom stereocenters. The van der Waals surface area contributed by atoms with Crippen LogP contribution < -0.4 is 17.2 Å². The van der Waals surface area contributed by atoms with Gasteiger partial charge in [0, 0.05) is 13.1 Å². The van der Waals surface area contributed by atoms with Crippen molar-refractivity contribution >= 4 is 0 Å². The summed E-state index contributed by atoms with van der Waals surface area (Å²) in [6, 6.07) is 0. The van der Waals surface area contributed by atoms with E-state index in [1.165, 1.54) is 0 Å². The van der Waals surface area contributed by atoms with Gasteiger partial charge in [0.25, 0.3) is 0 Å². The van der Waals surface area contributed by atoms with Crippen molar-refractivity contribution in [2.24, 2.45) is 5.73 Å². The van der Waals surface area contributed by atoms with Crippen LogP contribution in [0.3, 0.4) is 0 Å². The van der Waals surface area contributed by atoms with E-state index in [4.69, 9.17) is 5.73 Å². The molecule has 0 aromatic heterocycles. The summed E-state index contributed by atoms with van der Waals surface area (Å²) in [4.78, 5) is 0. The van der Waals surface area contributed by atoms with E-state index in [0.717, 1.165) is 13.1 Å². The lowest BCUT2D eigenvalue weighted by atomic mass is 10.7. The SMILES string of the molecule is CNCCN.N. The summed E-state index contributed by atoms with van der Waals surface area (Å²) >= 11 is 0. The summed E-state index contributed by atoms with van der Waals surface area (Å²) < 4.78 is 0. The van der Waals surface area contributed by atoms with E-state index < -0.39 is 0 Å². The highest BCUT2D eigenvalue weighted by Crippen LogP contribution is 1.37. The largest absolute Gasteiger partial charge is 0.344 e. The van der Waals surface area contributed by atoms with Crippen molar-refractivity contribution in [2.75, 3.05) is 20.1 Å². The van der Waals surface area contributed by atoms with E-state index in [1.807, 2.05) is 7.05 Å². The second-order valence-electron chi connectivity index (χ2n) is 0.892. The zero-order valence-corrected chi connectivity index (χ0v) is 4.20. The number of hydrogen-bond donors (Lipinski definition) is 3. The fraction of sp³-hybridized carbons (Fsp3) is 1.00. The fourth-order valence-electron chi connectivity index (χ4n) is 0.144. The maximum absolute atomic E-state index is 5.08. The highest BCUT2D eigenvalue weighted by molar-refractivity contribution is 4.33. The van der Waals surface area contributed by atoms with E-state index in [-0.39, 0.29) is 6.15 Å². The van der Waals surface area contributed by atoms with Crippen molar-refractivity contribution in [3.8, 4) is 0 Å². The summed E-state index contributed by atoms with van der Waals surface area (Å²) in [6.45, 7) is 1.65. The highest BCUT2D eigenvalue weighted by Gasteiger charge is 1.64. The predicted molar refractivity (Wildman–Crippen MR) is 28.0 cm³/mol. The molecule has 0 aliphatic carbocycles. The van der Waals surface area contributed by atoms with Crippen LogP contribution >= 0.6 is 0 Å². The van der Waals surface area contributed by atoms with Crippen LogP contribution in [0.5, 0.6) is 0 Å². The normalized spacial score (nSPS) is 7.00. The van der Waals surface area contributed by atoms with Crippen molar-refractivity contribution in [2.45, 2.75) is 0 Å². The molecule has 0 aromatic carbocycles. The minimum atomic E-state index is 0.